The Labute approximate surface area is 280 Å². The summed E-state index contributed by atoms with van der Waals surface area (Å²) >= 11 is 0. The van der Waals surface area contributed by atoms with Crippen molar-refractivity contribution in [2.75, 3.05) is 0 Å². The van der Waals surface area contributed by atoms with E-state index in [2.05, 4.69) is 26.6 Å². The molecule has 4 atom stereocenters. The maximum Gasteiger partial charge on any atom is 0.305 e. The standard InChI is InChI=1S/C34H46N6O8/c1-20(2)16-25(36-21(3)41)32(47)40-34(4,5)33(48)39-27(18-23-14-10-7-11-15-23)31(46)38-26(17-22-12-8-6-9-13-22)30(45)37-24(29(35)44)19-28(42)43/h6-15,20,24-27H,16-19H2,1-5H3,(H2,35,44)(H,36,41)(H,37,45)(H,38,46)(H,39,48)(H,40,47)(H,42,43)/t24-,25-,26-,27-/m0/s1. The number of rotatable bonds is 18. The first kappa shape index (κ1) is 38.9. The highest BCUT2D eigenvalue weighted by Gasteiger charge is 2.36. The van der Waals surface area contributed by atoms with Crippen LogP contribution < -0.4 is 32.3 Å². The predicted molar refractivity (Wildman–Crippen MR) is 177 cm³/mol. The maximum atomic E-state index is 13.9. The number of hydrogen-bond donors (Lipinski definition) is 7. The Kier molecular flexibility index (Phi) is 14.7. The van der Waals surface area contributed by atoms with Crippen LogP contribution in [-0.2, 0) is 46.4 Å². The molecule has 0 aliphatic rings. The third kappa shape index (κ3) is 13.2. The highest BCUT2D eigenvalue weighted by Crippen LogP contribution is 2.12. The summed E-state index contributed by atoms with van der Waals surface area (Å²) < 4.78 is 0. The van der Waals surface area contributed by atoms with E-state index in [1.807, 2.05) is 13.8 Å². The lowest BCUT2D eigenvalue weighted by Crippen LogP contribution is -2.63. The van der Waals surface area contributed by atoms with E-state index in [1.54, 1.807) is 60.7 Å². The van der Waals surface area contributed by atoms with Crippen LogP contribution in [0.3, 0.4) is 0 Å². The van der Waals surface area contributed by atoms with Gasteiger partial charge in [-0.2, -0.15) is 0 Å². The Hall–Kier alpha value is -5.27. The Morgan fingerprint density at radius 2 is 1.15 bits per heavy atom. The van der Waals surface area contributed by atoms with Gasteiger partial charge in [0, 0.05) is 19.8 Å². The highest BCUT2D eigenvalue weighted by atomic mass is 16.4. The van der Waals surface area contributed by atoms with Crippen LogP contribution in [-0.4, -0.2) is 76.2 Å². The average molecular weight is 667 g/mol. The second-order valence-electron chi connectivity index (χ2n) is 12.5. The molecule has 2 aromatic rings. The fourth-order valence-corrected chi connectivity index (χ4v) is 4.80. The van der Waals surface area contributed by atoms with Crippen LogP contribution in [0.1, 0.15) is 58.6 Å². The number of carboxylic acids is 1. The molecule has 6 amide bonds. The summed E-state index contributed by atoms with van der Waals surface area (Å²) in [5.74, 6) is -5.67. The molecule has 2 aromatic carbocycles. The zero-order valence-corrected chi connectivity index (χ0v) is 27.9. The molecule has 0 aliphatic carbocycles. The number of nitrogens with two attached hydrogens (primary N) is 1. The molecule has 14 nitrogen and oxygen atoms in total. The highest BCUT2D eigenvalue weighted by molar-refractivity contribution is 5.98. The van der Waals surface area contributed by atoms with Gasteiger partial charge in [-0.25, -0.2) is 0 Å². The van der Waals surface area contributed by atoms with Crippen LogP contribution in [0.15, 0.2) is 60.7 Å². The van der Waals surface area contributed by atoms with Gasteiger partial charge in [0.15, 0.2) is 0 Å². The van der Waals surface area contributed by atoms with Gasteiger partial charge in [0.2, 0.25) is 35.4 Å². The Morgan fingerprint density at radius 3 is 1.56 bits per heavy atom. The number of nitrogens with one attached hydrogen (secondary N) is 5. The van der Waals surface area contributed by atoms with Crippen molar-refractivity contribution in [1.82, 2.24) is 26.6 Å². The van der Waals surface area contributed by atoms with Crippen LogP contribution in [0.5, 0.6) is 0 Å². The van der Waals surface area contributed by atoms with E-state index in [9.17, 15) is 38.7 Å². The molecule has 0 bridgehead atoms. The topological polar surface area (TPSA) is 226 Å². The van der Waals surface area contributed by atoms with Gasteiger partial charge in [-0.1, -0.05) is 74.5 Å². The van der Waals surface area contributed by atoms with Crippen LogP contribution in [0.2, 0.25) is 0 Å². The number of carbonyl (C=O) groups excluding carboxylic acids is 6. The predicted octanol–water partition coefficient (Wildman–Crippen LogP) is 0.332. The minimum atomic E-state index is -1.54. The quantitative estimate of drug-likeness (QED) is 0.117. The van der Waals surface area contributed by atoms with Gasteiger partial charge in [-0.15, -0.1) is 0 Å². The summed E-state index contributed by atoms with van der Waals surface area (Å²) in [6, 6.07) is 12.5. The molecule has 0 fully saturated rings. The van der Waals surface area contributed by atoms with Crippen molar-refractivity contribution in [3.8, 4) is 0 Å². The molecular formula is C34H46N6O8. The largest absolute Gasteiger partial charge is 0.481 e. The smallest absolute Gasteiger partial charge is 0.305 e. The normalized spacial score (nSPS) is 13.6. The first-order valence-electron chi connectivity index (χ1n) is 15.6. The van der Waals surface area contributed by atoms with Crippen LogP contribution in [0, 0.1) is 5.92 Å². The number of carbonyl (C=O) groups is 7. The zero-order valence-electron chi connectivity index (χ0n) is 27.9. The molecule has 14 heteroatoms. The van der Waals surface area contributed by atoms with E-state index in [0.717, 1.165) is 0 Å². The van der Waals surface area contributed by atoms with Crippen molar-refractivity contribution in [1.29, 1.82) is 0 Å². The number of primary amides is 1. The SMILES string of the molecule is CC(=O)N[C@@H](CC(C)C)C(=O)NC(C)(C)C(=O)N[C@@H](Cc1ccccc1)C(=O)N[C@@H](Cc1ccccc1)C(=O)N[C@@H](CC(=O)O)C(N)=O. The van der Waals surface area contributed by atoms with Crippen LogP contribution in [0.25, 0.3) is 0 Å². The summed E-state index contributed by atoms with van der Waals surface area (Å²) in [6.07, 6.45) is -0.464. The molecule has 260 valence electrons. The van der Waals surface area contributed by atoms with Gasteiger partial charge in [0.05, 0.1) is 6.42 Å². The molecule has 0 aromatic heterocycles. The Balaban J connectivity index is 2.36. The lowest BCUT2D eigenvalue weighted by atomic mass is 9.98. The van der Waals surface area contributed by atoms with Gasteiger partial charge < -0.3 is 37.4 Å². The number of amides is 6. The van der Waals surface area contributed by atoms with Crippen LogP contribution in [0.4, 0.5) is 0 Å². The fourth-order valence-electron chi connectivity index (χ4n) is 4.80. The van der Waals surface area contributed by atoms with E-state index >= 15 is 0 Å². The van der Waals surface area contributed by atoms with Gasteiger partial charge in [-0.05, 0) is 37.3 Å². The summed E-state index contributed by atoms with van der Waals surface area (Å²) in [4.78, 5) is 88.9. The Morgan fingerprint density at radius 1 is 0.688 bits per heavy atom. The summed E-state index contributed by atoms with van der Waals surface area (Å²) in [7, 11) is 0. The molecule has 0 aliphatic heterocycles. The van der Waals surface area contributed by atoms with E-state index in [4.69, 9.17) is 5.73 Å². The summed E-state index contributed by atoms with van der Waals surface area (Å²) in [5.41, 5.74) is 5.11. The molecule has 0 unspecified atom stereocenters. The molecule has 8 N–H and O–H groups in total. The molecule has 2 rings (SSSR count). The molecule has 0 heterocycles. The third-order valence-electron chi connectivity index (χ3n) is 7.26. The third-order valence-corrected chi connectivity index (χ3v) is 7.26. The van der Waals surface area contributed by atoms with E-state index in [0.29, 0.717) is 17.5 Å². The average Bonchev–Trinajstić information content (AvgIpc) is 2.99. The minimum absolute atomic E-state index is 0.00685. The lowest BCUT2D eigenvalue weighted by Gasteiger charge is -2.31. The first-order valence-corrected chi connectivity index (χ1v) is 15.6. The van der Waals surface area contributed by atoms with Gasteiger partial charge >= 0.3 is 5.97 Å². The fraction of sp³-hybridized carbons (Fsp3) is 0.441. The molecule has 0 spiro atoms. The zero-order chi connectivity index (χ0) is 36.0. The molecule has 0 saturated carbocycles. The maximum absolute atomic E-state index is 13.9. The molecule has 0 radical (unpaired) electrons. The van der Waals surface area contributed by atoms with Crippen molar-refractivity contribution in [3.05, 3.63) is 71.8 Å². The molecule has 0 saturated heterocycles. The van der Waals surface area contributed by atoms with Gasteiger partial charge in [-0.3, -0.25) is 33.6 Å². The van der Waals surface area contributed by atoms with E-state index in [1.165, 1.54) is 20.8 Å². The van der Waals surface area contributed by atoms with Gasteiger partial charge in [0.1, 0.15) is 29.7 Å². The second kappa shape index (κ2) is 18.2. The summed E-state index contributed by atoms with van der Waals surface area (Å²) in [5, 5.41) is 22.1. The van der Waals surface area contributed by atoms with Crippen molar-refractivity contribution >= 4 is 41.4 Å². The van der Waals surface area contributed by atoms with Crippen molar-refractivity contribution in [3.63, 3.8) is 0 Å². The van der Waals surface area contributed by atoms with E-state index in [-0.39, 0.29) is 18.8 Å². The lowest BCUT2D eigenvalue weighted by molar-refractivity contribution is -0.140. The number of carboxylic acid groups (broad SMARTS) is 1. The van der Waals surface area contributed by atoms with Crippen LogP contribution >= 0.6 is 0 Å². The second-order valence-corrected chi connectivity index (χ2v) is 12.5. The molecular weight excluding hydrogens is 620 g/mol. The van der Waals surface area contributed by atoms with E-state index < -0.39 is 77.5 Å². The minimum Gasteiger partial charge on any atom is -0.481 e. The summed E-state index contributed by atoms with van der Waals surface area (Å²) in [6.45, 7) is 7.97. The van der Waals surface area contributed by atoms with Crippen molar-refractivity contribution < 1.29 is 38.7 Å². The number of hydrogen-bond acceptors (Lipinski definition) is 7. The van der Waals surface area contributed by atoms with Crippen molar-refractivity contribution in [2.45, 2.75) is 90.0 Å². The monoisotopic (exact) mass is 666 g/mol. The van der Waals surface area contributed by atoms with Gasteiger partial charge in [0.25, 0.3) is 0 Å². The first-order chi connectivity index (χ1) is 22.5. The number of aliphatic carboxylic acids is 1. The van der Waals surface area contributed by atoms with Crippen molar-refractivity contribution in [2.24, 2.45) is 11.7 Å². The number of benzene rings is 2. The Bertz CT molecular complexity index is 1450. The molecule has 48 heavy (non-hydrogen) atoms.